The van der Waals surface area contributed by atoms with Crippen molar-refractivity contribution in [2.45, 2.75) is 57.7 Å². The molecule has 0 aromatic heterocycles. The van der Waals surface area contributed by atoms with E-state index in [1.165, 1.54) is 68.4 Å². The van der Waals surface area contributed by atoms with Crippen LogP contribution in [0.1, 0.15) is 68.1 Å². The molecule has 1 saturated carbocycles. The van der Waals surface area contributed by atoms with Gasteiger partial charge in [-0.05, 0) is 79.5 Å². The molecule has 1 fully saturated rings. The van der Waals surface area contributed by atoms with Gasteiger partial charge in [-0.15, -0.1) is 13.2 Å². The maximum Gasteiger partial charge on any atom is 0.573 e. The van der Waals surface area contributed by atoms with Crippen molar-refractivity contribution in [3.63, 3.8) is 0 Å². The van der Waals surface area contributed by atoms with E-state index in [0.717, 1.165) is 11.5 Å². The van der Waals surface area contributed by atoms with E-state index in [1.807, 2.05) is 12.1 Å². The fourth-order valence-corrected chi connectivity index (χ4v) is 3.92. The first kappa shape index (κ1) is 20.3. The summed E-state index contributed by atoms with van der Waals surface area (Å²) in [7, 11) is 0. The van der Waals surface area contributed by atoms with E-state index in [2.05, 4.69) is 35.6 Å². The summed E-state index contributed by atoms with van der Waals surface area (Å²) in [6, 6.07) is 14.0. The molecule has 0 heterocycles. The molecule has 1 aliphatic rings. The van der Waals surface area contributed by atoms with Crippen molar-refractivity contribution in [2.24, 2.45) is 5.92 Å². The first-order valence-electron chi connectivity index (χ1n) is 9.90. The van der Waals surface area contributed by atoms with Crippen molar-refractivity contribution in [3.05, 3.63) is 65.2 Å². The third-order valence-corrected chi connectivity index (χ3v) is 5.36. The SMILES string of the molecule is CCC[C@H]1CC[C@H](c2ccc(C#Cc3ccc(OC(F)(F)F)cc3)cc2)CC1. The smallest absolute Gasteiger partial charge is 0.406 e. The number of hydrogen-bond donors (Lipinski definition) is 0. The second kappa shape index (κ2) is 9.19. The number of rotatable bonds is 4. The van der Waals surface area contributed by atoms with Gasteiger partial charge in [0.1, 0.15) is 5.75 Å². The second-order valence-corrected chi connectivity index (χ2v) is 7.45. The molecule has 0 saturated heterocycles. The van der Waals surface area contributed by atoms with Gasteiger partial charge < -0.3 is 4.74 Å². The molecule has 0 amide bonds. The lowest BCUT2D eigenvalue weighted by Gasteiger charge is -2.28. The Morgan fingerprint density at radius 3 is 1.89 bits per heavy atom. The van der Waals surface area contributed by atoms with Crippen molar-refractivity contribution in [3.8, 4) is 17.6 Å². The minimum atomic E-state index is -4.68. The molecular formula is C24H25F3O. The van der Waals surface area contributed by atoms with E-state index in [4.69, 9.17) is 0 Å². The molecule has 0 bridgehead atoms. The second-order valence-electron chi connectivity index (χ2n) is 7.45. The van der Waals surface area contributed by atoms with Crippen LogP contribution in [0.2, 0.25) is 0 Å². The number of alkyl halides is 3. The molecule has 0 N–H and O–H groups in total. The molecular weight excluding hydrogens is 361 g/mol. The molecule has 2 aromatic carbocycles. The Bertz CT molecular complexity index is 802. The van der Waals surface area contributed by atoms with Crippen LogP contribution >= 0.6 is 0 Å². The maximum absolute atomic E-state index is 12.2. The molecule has 0 radical (unpaired) electrons. The fourth-order valence-electron chi connectivity index (χ4n) is 3.92. The largest absolute Gasteiger partial charge is 0.573 e. The molecule has 0 unspecified atom stereocenters. The van der Waals surface area contributed by atoms with E-state index in [9.17, 15) is 13.2 Å². The van der Waals surface area contributed by atoms with Gasteiger partial charge in [0.05, 0.1) is 0 Å². The van der Waals surface area contributed by atoms with Gasteiger partial charge >= 0.3 is 6.36 Å². The third-order valence-electron chi connectivity index (χ3n) is 5.36. The summed E-state index contributed by atoms with van der Waals surface area (Å²) >= 11 is 0. The maximum atomic E-state index is 12.2. The summed E-state index contributed by atoms with van der Waals surface area (Å²) in [4.78, 5) is 0. The highest BCUT2D eigenvalue weighted by molar-refractivity contribution is 5.45. The van der Waals surface area contributed by atoms with Gasteiger partial charge in [0.25, 0.3) is 0 Å². The Labute approximate surface area is 164 Å². The molecule has 0 spiro atoms. The molecule has 0 atom stereocenters. The summed E-state index contributed by atoms with van der Waals surface area (Å²) in [6.07, 6.45) is 3.14. The summed E-state index contributed by atoms with van der Waals surface area (Å²) in [6.45, 7) is 2.26. The van der Waals surface area contributed by atoms with Crippen LogP contribution in [0.3, 0.4) is 0 Å². The van der Waals surface area contributed by atoms with Crippen molar-refractivity contribution in [1.82, 2.24) is 0 Å². The predicted octanol–water partition coefficient (Wildman–Crippen LogP) is 7.06. The zero-order valence-corrected chi connectivity index (χ0v) is 16.1. The summed E-state index contributed by atoms with van der Waals surface area (Å²) in [5.41, 5.74) is 2.93. The van der Waals surface area contributed by atoms with E-state index < -0.39 is 6.36 Å². The Balaban J connectivity index is 1.58. The van der Waals surface area contributed by atoms with Crippen molar-refractivity contribution >= 4 is 0 Å². The molecule has 1 nitrogen and oxygen atoms in total. The zero-order valence-electron chi connectivity index (χ0n) is 16.1. The van der Waals surface area contributed by atoms with E-state index in [1.54, 1.807) is 0 Å². The van der Waals surface area contributed by atoms with E-state index in [-0.39, 0.29) is 5.75 Å². The first-order valence-corrected chi connectivity index (χ1v) is 9.90. The van der Waals surface area contributed by atoms with Crippen LogP contribution in [0.5, 0.6) is 5.75 Å². The molecule has 4 heteroatoms. The van der Waals surface area contributed by atoms with Gasteiger partial charge in [-0.1, -0.05) is 43.7 Å². The van der Waals surface area contributed by atoms with Crippen LogP contribution in [-0.2, 0) is 0 Å². The number of hydrogen-bond acceptors (Lipinski definition) is 1. The summed E-state index contributed by atoms with van der Waals surface area (Å²) in [5, 5.41) is 0. The van der Waals surface area contributed by atoms with Gasteiger partial charge in [0.2, 0.25) is 0 Å². The van der Waals surface area contributed by atoms with Gasteiger partial charge in [0, 0.05) is 11.1 Å². The topological polar surface area (TPSA) is 9.23 Å². The minimum absolute atomic E-state index is 0.240. The highest BCUT2D eigenvalue weighted by atomic mass is 19.4. The van der Waals surface area contributed by atoms with Crippen molar-refractivity contribution < 1.29 is 17.9 Å². The Morgan fingerprint density at radius 2 is 1.39 bits per heavy atom. The summed E-state index contributed by atoms with van der Waals surface area (Å²) < 4.78 is 40.4. The summed E-state index contributed by atoms with van der Waals surface area (Å²) in [5.74, 6) is 7.36. The molecule has 3 rings (SSSR count). The highest BCUT2D eigenvalue weighted by Gasteiger charge is 2.30. The van der Waals surface area contributed by atoms with Gasteiger partial charge in [-0.3, -0.25) is 0 Å². The number of benzene rings is 2. The van der Waals surface area contributed by atoms with Crippen LogP contribution in [0.15, 0.2) is 48.5 Å². The first-order chi connectivity index (χ1) is 13.4. The van der Waals surface area contributed by atoms with Crippen LogP contribution in [-0.4, -0.2) is 6.36 Å². The van der Waals surface area contributed by atoms with Crippen molar-refractivity contribution in [2.75, 3.05) is 0 Å². The van der Waals surface area contributed by atoms with Crippen molar-refractivity contribution in [1.29, 1.82) is 0 Å². The predicted molar refractivity (Wildman–Crippen MR) is 105 cm³/mol. The molecule has 0 aliphatic heterocycles. The zero-order chi connectivity index (χ0) is 20.0. The Hall–Kier alpha value is -2.41. The number of halogens is 3. The van der Waals surface area contributed by atoms with Crippen LogP contribution < -0.4 is 4.74 Å². The minimum Gasteiger partial charge on any atom is -0.406 e. The van der Waals surface area contributed by atoms with Crippen LogP contribution in [0.4, 0.5) is 13.2 Å². The quantitative estimate of drug-likeness (QED) is 0.511. The Kier molecular flexibility index (Phi) is 6.67. The molecule has 148 valence electrons. The average molecular weight is 386 g/mol. The standard InChI is InChI=1S/C24H25F3O/c1-2-3-18-6-12-21(13-7-18)22-14-8-19(9-15-22)4-5-20-10-16-23(17-11-20)28-24(25,26)27/h8-11,14-18,21H,2-3,6-7,12-13H2,1H3/t18-,21-. The lowest BCUT2D eigenvalue weighted by atomic mass is 9.77. The molecule has 1 aliphatic carbocycles. The molecule has 28 heavy (non-hydrogen) atoms. The lowest BCUT2D eigenvalue weighted by molar-refractivity contribution is -0.274. The lowest BCUT2D eigenvalue weighted by Crippen LogP contribution is -2.16. The third kappa shape index (κ3) is 6.05. The van der Waals surface area contributed by atoms with Crippen LogP contribution in [0, 0.1) is 17.8 Å². The van der Waals surface area contributed by atoms with E-state index >= 15 is 0 Å². The van der Waals surface area contributed by atoms with Gasteiger partial charge in [-0.2, -0.15) is 0 Å². The average Bonchev–Trinajstić information content (AvgIpc) is 2.68. The van der Waals surface area contributed by atoms with Gasteiger partial charge in [0.15, 0.2) is 0 Å². The Morgan fingerprint density at radius 1 is 0.857 bits per heavy atom. The van der Waals surface area contributed by atoms with Crippen LogP contribution in [0.25, 0.3) is 0 Å². The fraction of sp³-hybridized carbons (Fsp3) is 0.417. The van der Waals surface area contributed by atoms with Gasteiger partial charge in [-0.25, -0.2) is 0 Å². The van der Waals surface area contributed by atoms with E-state index in [0.29, 0.717) is 11.5 Å². The monoisotopic (exact) mass is 386 g/mol. The highest BCUT2D eigenvalue weighted by Crippen LogP contribution is 2.37. The normalized spacial score (nSPS) is 19.6. The number of ether oxygens (including phenoxy) is 1. The molecule has 2 aromatic rings.